The first kappa shape index (κ1) is 13.5. The third-order valence-corrected chi connectivity index (χ3v) is 3.25. The number of hydrogen-bond donors (Lipinski definition) is 1. The van der Waals surface area contributed by atoms with Crippen molar-refractivity contribution in [1.29, 1.82) is 0 Å². The van der Waals surface area contributed by atoms with Gasteiger partial charge in [-0.3, -0.25) is 0 Å². The van der Waals surface area contributed by atoms with E-state index in [-0.39, 0.29) is 6.04 Å². The summed E-state index contributed by atoms with van der Waals surface area (Å²) in [6, 6.07) is 10.0. The Bertz CT molecular complexity index is 751. The molecule has 0 aliphatic rings. The smallest absolute Gasteiger partial charge is 0.312 e. The molecule has 1 N–H and O–H groups in total. The van der Waals surface area contributed by atoms with Gasteiger partial charge in [0.2, 0.25) is 0 Å². The summed E-state index contributed by atoms with van der Waals surface area (Å²) in [4.78, 5) is 12.0. The van der Waals surface area contributed by atoms with Gasteiger partial charge in [-0.2, -0.15) is 14.4 Å². The largest absolute Gasteiger partial charge is 0.364 e. The van der Waals surface area contributed by atoms with Crippen molar-refractivity contribution in [2.45, 2.75) is 26.4 Å². The van der Waals surface area contributed by atoms with E-state index in [4.69, 9.17) is 0 Å². The third kappa shape index (κ3) is 2.69. The van der Waals surface area contributed by atoms with Crippen LogP contribution in [0.25, 0.3) is 11.2 Å². The summed E-state index contributed by atoms with van der Waals surface area (Å²) < 4.78 is 15.5. The van der Waals surface area contributed by atoms with Gasteiger partial charge in [0.15, 0.2) is 17.0 Å². The standard InChI is InChI=1S/C15H16FN5/c1-10(2)21-9-18-12-13(19-15(16)20-14(12)21)17-8-11-6-4-3-5-7-11/h3-7,9-10H,8H2,1-2H3,(H,17,19,20). The highest BCUT2D eigenvalue weighted by molar-refractivity contribution is 5.82. The number of aromatic nitrogens is 4. The van der Waals surface area contributed by atoms with Crippen molar-refractivity contribution < 1.29 is 4.39 Å². The summed E-state index contributed by atoms with van der Waals surface area (Å²) in [5.41, 5.74) is 2.18. The SMILES string of the molecule is CC(C)n1cnc2c(NCc3ccccc3)nc(F)nc21. The van der Waals surface area contributed by atoms with Crippen LogP contribution in [-0.2, 0) is 6.54 Å². The maximum absolute atomic E-state index is 13.6. The van der Waals surface area contributed by atoms with E-state index in [9.17, 15) is 4.39 Å². The number of hydrogen-bond acceptors (Lipinski definition) is 4. The minimum absolute atomic E-state index is 0.159. The Kier molecular flexibility index (Phi) is 3.51. The van der Waals surface area contributed by atoms with Gasteiger partial charge in [-0.05, 0) is 19.4 Å². The lowest BCUT2D eigenvalue weighted by Gasteiger charge is -2.09. The maximum Gasteiger partial charge on any atom is 0.312 e. The van der Waals surface area contributed by atoms with Gasteiger partial charge in [-0.1, -0.05) is 30.3 Å². The third-order valence-electron chi connectivity index (χ3n) is 3.25. The summed E-state index contributed by atoms with van der Waals surface area (Å²) in [5, 5.41) is 3.13. The lowest BCUT2D eigenvalue weighted by atomic mass is 10.2. The van der Waals surface area contributed by atoms with Crippen LogP contribution in [0.2, 0.25) is 0 Å². The van der Waals surface area contributed by atoms with Gasteiger partial charge >= 0.3 is 6.08 Å². The molecule has 6 heteroatoms. The molecule has 0 atom stereocenters. The number of fused-ring (bicyclic) bond motifs is 1. The number of benzene rings is 1. The van der Waals surface area contributed by atoms with Crippen LogP contribution in [0.5, 0.6) is 0 Å². The van der Waals surface area contributed by atoms with Gasteiger partial charge in [-0.25, -0.2) is 4.98 Å². The topological polar surface area (TPSA) is 55.6 Å². The highest BCUT2D eigenvalue weighted by Crippen LogP contribution is 2.21. The first-order valence-electron chi connectivity index (χ1n) is 6.83. The van der Waals surface area contributed by atoms with Crippen molar-refractivity contribution >= 4 is 17.0 Å². The zero-order valence-corrected chi connectivity index (χ0v) is 11.9. The minimum atomic E-state index is -0.750. The number of nitrogens with one attached hydrogen (secondary N) is 1. The molecule has 108 valence electrons. The van der Waals surface area contributed by atoms with Crippen LogP contribution in [0.3, 0.4) is 0 Å². The molecule has 3 rings (SSSR count). The predicted molar refractivity (Wildman–Crippen MR) is 79.4 cm³/mol. The zero-order valence-electron chi connectivity index (χ0n) is 11.9. The van der Waals surface area contributed by atoms with Crippen LogP contribution >= 0.6 is 0 Å². The van der Waals surface area contributed by atoms with Gasteiger partial charge in [-0.15, -0.1) is 0 Å². The molecule has 21 heavy (non-hydrogen) atoms. The van der Waals surface area contributed by atoms with Crippen LogP contribution in [0, 0.1) is 6.08 Å². The molecular formula is C15H16FN5. The Hall–Kier alpha value is -2.50. The quantitative estimate of drug-likeness (QED) is 0.748. The second kappa shape index (κ2) is 5.47. The number of rotatable bonds is 4. The van der Waals surface area contributed by atoms with Gasteiger partial charge < -0.3 is 9.88 Å². The Morgan fingerprint density at radius 1 is 1.19 bits per heavy atom. The van der Waals surface area contributed by atoms with E-state index in [2.05, 4.69) is 20.3 Å². The molecule has 1 aromatic carbocycles. The molecule has 0 spiro atoms. The fraction of sp³-hybridized carbons (Fsp3) is 0.267. The Morgan fingerprint density at radius 2 is 1.95 bits per heavy atom. The van der Waals surface area contributed by atoms with Crippen molar-refractivity contribution in [3.63, 3.8) is 0 Å². The molecule has 0 saturated heterocycles. The minimum Gasteiger partial charge on any atom is -0.364 e. The first-order chi connectivity index (χ1) is 10.1. The summed E-state index contributed by atoms with van der Waals surface area (Å²) in [6.07, 6.45) is 0.914. The van der Waals surface area contributed by atoms with Crippen LogP contribution in [-0.4, -0.2) is 19.5 Å². The molecule has 0 bridgehead atoms. The van der Waals surface area contributed by atoms with E-state index < -0.39 is 6.08 Å². The van der Waals surface area contributed by atoms with Crippen molar-refractivity contribution in [1.82, 2.24) is 19.5 Å². The van der Waals surface area contributed by atoms with Crippen molar-refractivity contribution in [2.24, 2.45) is 0 Å². The number of halogens is 1. The Labute approximate surface area is 121 Å². The van der Waals surface area contributed by atoms with E-state index in [0.717, 1.165) is 5.56 Å². The summed E-state index contributed by atoms with van der Waals surface area (Å²) in [5.74, 6) is 0.417. The summed E-state index contributed by atoms with van der Waals surface area (Å²) in [6.45, 7) is 4.55. The zero-order chi connectivity index (χ0) is 14.8. The van der Waals surface area contributed by atoms with Gasteiger partial charge in [0.25, 0.3) is 0 Å². The molecule has 2 aromatic heterocycles. The normalized spacial score (nSPS) is 11.2. The number of nitrogens with zero attached hydrogens (tertiary/aromatic N) is 4. The summed E-state index contributed by atoms with van der Waals surface area (Å²) in [7, 11) is 0. The monoisotopic (exact) mass is 285 g/mol. The van der Waals surface area contributed by atoms with Crippen molar-refractivity contribution in [2.75, 3.05) is 5.32 Å². The van der Waals surface area contributed by atoms with Crippen LogP contribution in [0.4, 0.5) is 10.2 Å². The molecule has 0 saturated carbocycles. The van der Waals surface area contributed by atoms with Gasteiger partial charge in [0.05, 0.1) is 6.33 Å². The predicted octanol–water partition coefficient (Wildman–Crippen LogP) is 3.16. The van der Waals surface area contributed by atoms with Gasteiger partial charge in [0.1, 0.15) is 0 Å². The second-order valence-corrected chi connectivity index (χ2v) is 5.10. The van der Waals surface area contributed by atoms with E-state index in [0.29, 0.717) is 23.5 Å². The van der Waals surface area contributed by atoms with E-state index in [1.54, 1.807) is 6.33 Å². The van der Waals surface area contributed by atoms with Crippen LogP contribution in [0.1, 0.15) is 25.5 Å². The molecule has 0 fully saturated rings. The Balaban J connectivity index is 1.95. The fourth-order valence-corrected chi connectivity index (χ4v) is 2.17. The van der Waals surface area contributed by atoms with Gasteiger partial charge in [0, 0.05) is 12.6 Å². The average molecular weight is 285 g/mol. The van der Waals surface area contributed by atoms with Crippen molar-refractivity contribution in [3.05, 3.63) is 48.3 Å². The molecule has 3 aromatic rings. The maximum atomic E-state index is 13.6. The van der Waals surface area contributed by atoms with Crippen LogP contribution < -0.4 is 5.32 Å². The first-order valence-corrected chi connectivity index (χ1v) is 6.83. The molecular weight excluding hydrogens is 269 g/mol. The molecule has 0 aliphatic carbocycles. The molecule has 2 heterocycles. The highest BCUT2D eigenvalue weighted by Gasteiger charge is 2.14. The second-order valence-electron chi connectivity index (χ2n) is 5.10. The van der Waals surface area contributed by atoms with Crippen LogP contribution in [0.15, 0.2) is 36.7 Å². The lowest BCUT2D eigenvalue weighted by Crippen LogP contribution is -2.06. The van der Waals surface area contributed by atoms with Crippen molar-refractivity contribution in [3.8, 4) is 0 Å². The summed E-state index contributed by atoms with van der Waals surface area (Å²) >= 11 is 0. The average Bonchev–Trinajstić information content (AvgIpc) is 2.89. The highest BCUT2D eigenvalue weighted by atomic mass is 19.1. The van der Waals surface area contributed by atoms with E-state index >= 15 is 0 Å². The molecule has 0 aliphatic heterocycles. The molecule has 0 amide bonds. The molecule has 5 nitrogen and oxygen atoms in total. The molecule has 0 unspecified atom stereocenters. The molecule has 0 radical (unpaired) electrons. The lowest BCUT2D eigenvalue weighted by molar-refractivity contribution is 0.537. The fourth-order valence-electron chi connectivity index (χ4n) is 2.17. The number of imidazole rings is 1. The number of anilines is 1. The Morgan fingerprint density at radius 3 is 2.67 bits per heavy atom. The van der Waals surface area contributed by atoms with E-state index in [1.807, 2.05) is 48.7 Å². The van der Waals surface area contributed by atoms with E-state index in [1.165, 1.54) is 0 Å².